The number of hydrogen-bond acceptors (Lipinski definition) is 5. The molecule has 1 aromatic carbocycles. The molecule has 0 saturated carbocycles. The molecular formula is C18H23N5O. The van der Waals surface area contributed by atoms with Gasteiger partial charge in [0.05, 0.1) is 12.2 Å². The van der Waals surface area contributed by atoms with Gasteiger partial charge in [0, 0.05) is 45.1 Å². The van der Waals surface area contributed by atoms with Crippen LogP contribution in [0.4, 0.5) is 0 Å². The molecule has 0 bridgehead atoms. The van der Waals surface area contributed by atoms with Gasteiger partial charge in [0.2, 0.25) is 0 Å². The summed E-state index contributed by atoms with van der Waals surface area (Å²) in [6.07, 6.45) is 4.60. The molecule has 1 atom stereocenters. The molecule has 1 unspecified atom stereocenters. The van der Waals surface area contributed by atoms with Gasteiger partial charge in [-0.2, -0.15) is 0 Å². The average Bonchev–Trinajstić information content (AvgIpc) is 2.77. The van der Waals surface area contributed by atoms with Crippen LogP contribution < -0.4 is 5.32 Å². The second kappa shape index (κ2) is 7.99. The quantitative estimate of drug-likeness (QED) is 0.909. The van der Waals surface area contributed by atoms with E-state index in [0.29, 0.717) is 5.69 Å². The average molecular weight is 325 g/mol. The number of carbonyl (C=O) groups is 1. The summed E-state index contributed by atoms with van der Waals surface area (Å²) in [6, 6.07) is 10.5. The van der Waals surface area contributed by atoms with Crippen LogP contribution in [0.1, 0.15) is 16.1 Å². The topological polar surface area (TPSA) is 61.4 Å². The first-order chi connectivity index (χ1) is 11.7. The van der Waals surface area contributed by atoms with E-state index >= 15 is 0 Å². The Kier molecular flexibility index (Phi) is 5.51. The van der Waals surface area contributed by atoms with E-state index in [9.17, 15) is 4.79 Å². The van der Waals surface area contributed by atoms with Gasteiger partial charge in [-0.25, -0.2) is 4.98 Å². The van der Waals surface area contributed by atoms with Crippen molar-refractivity contribution in [1.82, 2.24) is 25.1 Å². The smallest absolute Gasteiger partial charge is 0.271 e. The molecule has 1 amide bonds. The molecule has 126 valence electrons. The molecule has 1 fully saturated rings. The van der Waals surface area contributed by atoms with Gasteiger partial charge in [-0.05, 0) is 12.6 Å². The Morgan fingerprint density at radius 1 is 1.21 bits per heavy atom. The van der Waals surface area contributed by atoms with E-state index in [4.69, 9.17) is 0 Å². The summed E-state index contributed by atoms with van der Waals surface area (Å²) in [5.41, 5.74) is 1.65. The van der Waals surface area contributed by atoms with Gasteiger partial charge in [0.15, 0.2) is 0 Å². The maximum absolute atomic E-state index is 12.3. The molecule has 1 N–H and O–H groups in total. The van der Waals surface area contributed by atoms with Crippen LogP contribution in [0, 0.1) is 0 Å². The lowest BCUT2D eigenvalue weighted by Crippen LogP contribution is -2.46. The predicted molar refractivity (Wildman–Crippen MR) is 92.5 cm³/mol. The monoisotopic (exact) mass is 325 g/mol. The first-order valence-corrected chi connectivity index (χ1v) is 8.22. The Morgan fingerprint density at radius 2 is 2.04 bits per heavy atom. The first kappa shape index (κ1) is 16.5. The van der Waals surface area contributed by atoms with Gasteiger partial charge in [0.25, 0.3) is 5.91 Å². The SMILES string of the molecule is CN1CCN(Cc2ccccc2)CC(NC(=O)c2cnccn2)C1. The molecule has 1 aliphatic rings. The number of hydrogen-bond donors (Lipinski definition) is 1. The molecule has 6 heteroatoms. The summed E-state index contributed by atoms with van der Waals surface area (Å²) in [5, 5.41) is 3.10. The second-order valence-electron chi connectivity index (χ2n) is 6.24. The zero-order valence-corrected chi connectivity index (χ0v) is 13.9. The third kappa shape index (κ3) is 4.59. The summed E-state index contributed by atoms with van der Waals surface area (Å²) >= 11 is 0. The number of nitrogens with one attached hydrogen (secondary N) is 1. The lowest BCUT2D eigenvalue weighted by Gasteiger charge is -2.24. The van der Waals surface area contributed by atoms with E-state index in [0.717, 1.165) is 32.7 Å². The van der Waals surface area contributed by atoms with Crippen LogP contribution in [-0.2, 0) is 6.54 Å². The number of carbonyl (C=O) groups excluding carboxylic acids is 1. The van der Waals surface area contributed by atoms with Crippen molar-refractivity contribution in [2.24, 2.45) is 0 Å². The van der Waals surface area contributed by atoms with Crippen molar-refractivity contribution >= 4 is 5.91 Å². The number of likely N-dealkylation sites (N-methyl/N-ethyl adjacent to an activating group) is 1. The summed E-state index contributed by atoms with van der Waals surface area (Å²) in [5.74, 6) is -0.164. The van der Waals surface area contributed by atoms with Crippen molar-refractivity contribution in [2.45, 2.75) is 12.6 Å². The fourth-order valence-corrected chi connectivity index (χ4v) is 2.99. The highest BCUT2D eigenvalue weighted by atomic mass is 16.2. The lowest BCUT2D eigenvalue weighted by atomic mass is 10.2. The second-order valence-corrected chi connectivity index (χ2v) is 6.24. The molecule has 2 heterocycles. The molecule has 1 aliphatic heterocycles. The van der Waals surface area contributed by atoms with Crippen molar-refractivity contribution in [1.29, 1.82) is 0 Å². The molecule has 2 aromatic rings. The van der Waals surface area contributed by atoms with E-state index in [2.05, 4.69) is 56.4 Å². The van der Waals surface area contributed by atoms with E-state index < -0.39 is 0 Å². The fourth-order valence-electron chi connectivity index (χ4n) is 2.99. The summed E-state index contributed by atoms with van der Waals surface area (Å²) in [6.45, 7) is 4.53. The van der Waals surface area contributed by atoms with Crippen molar-refractivity contribution in [3.63, 3.8) is 0 Å². The molecule has 0 spiro atoms. The van der Waals surface area contributed by atoms with Gasteiger partial charge in [-0.15, -0.1) is 0 Å². The normalized spacial score (nSPS) is 19.6. The Labute approximate surface area is 142 Å². The third-order valence-corrected chi connectivity index (χ3v) is 4.19. The zero-order chi connectivity index (χ0) is 16.8. The number of aromatic nitrogens is 2. The van der Waals surface area contributed by atoms with Crippen LogP contribution in [0.2, 0.25) is 0 Å². The van der Waals surface area contributed by atoms with E-state index in [1.54, 1.807) is 6.20 Å². The number of amides is 1. The first-order valence-electron chi connectivity index (χ1n) is 8.22. The van der Waals surface area contributed by atoms with Crippen molar-refractivity contribution < 1.29 is 4.79 Å². The largest absolute Gasteiger partial charge is 0.345 e. The van der Waals surface area contributed by atoms with Crippen molar-refractivity contribution in [3.05, 3.63) is 60.2 Å². The highest BCUT2D eigenvalue weighted by molar-refractivity contribution is 5.92. The van der Waals surface area contributed by atoms with Gasteiger partial charge in [0.1, 0.15) is 5.69 Å². The van der Waals surface area contributed by atoms with E-state index in [1.807, 2.05) is 6.07 Å². The zero-order valence-electron chi connectivity index (χ0n) is 13.9. The Morgan fingerprint density at radius 3 is 2.79 bits per heavy atom. The number of rotatable bonds is 4. The fraction of sp³-hybridized carbons (Fsp3) is 0.389. The number of nitrogens with zero attached hydrogens (tertiary/aromatic N) is 4. The minimum absolute atomic E-state index is 0.0655. The minimum atomic E-state index is -0.164. The van der Waals surface area contributed by atoms with E-state index in [-0.39, 0.29) is 11.9 Å². The molecule has 0 radical (unpaired) electrons. The summed E-state index contributed by atoms with van der Waals surface area (Å²) < 4.78 is 0. The molecule has 1 aromatic heterocycles. The maximum Gasteiger partial charge on any atom is 0.271 e. The third-order valence-electron chi connectivity index (χ3n) is 4.19. The molecule has 0 aliphatic carbocycles. The molecule has 24 heavy (non-hydrogen) atoms. The van der Waals surface area contributed by atoms with Gasteiger partial charge in [-0.1, -0.05) is 30.3 Å². The van der Waals surface area contributed by atoms with Crippen LogP contribution in [-0.4, -0.2) is 64.9 Å². The molecular weight excluding hydrogens is 302 g/mol. The van der Waals surface area contributed by atoms with Crippen LogP contribution in [0.25, 0.3) is 0 Å². The summed E-state index contributed by atoms with van der Waals surface area (Å²) in [7, 11) is 2.09. The van der Waals surface area contributed by atoms with Crippen LogP contribution in [0.3, 0.4) is 0 Å². The predicted octanol–water partition coefficient (Wildman–Crippen LogP) is 1.02. The van der Waals surface area contributed by atoms with Crippen molar-refractivity contribution in [2.75, 3.05) is 33.2 Å². The Balaban J connectivity index is 1.64. The minimum Gasteiger partial charge on any atom is -0.345 e. The molecule has 6 nitrogen and oxygen atoms in total. The van der Waals surface area contributed by atoms with Crippen LogP contribution in [0.5, 0.6) is 0 Å². The highest BCUT2D eigenvalue weighted by Crippen LogP contribution is 2.09. The lowest BCUT2D eigenvalue weighted by molar-refractivity contribution is 0.0918. The van der Waals surface area contributed by atoms with Gasteiger partial charge < -0.3 is 10.2 Å². The van der Waals surface area contributed by atoms with Crippen LogP contribution in [0.15, 0.2) is 48.9 Å². The van der Waals surface area contributed by atoms with E-state index in [1.165, 1.54) is 18.0 Å². The Hall–Kier alpha value is -2.31. The Bertz CT molecular complexity index is 649. The standard InChI is InChI=1S/C18H23N5O/c1-22-9-10-23(12-15-5-3-2-4-6-15)14-16(13-22)21-18(24)17-11-19-7-8-20-17/h2-8,11,16H,9-10,12-14H2,1H3,(H,21,24). The summed E-state index contributed by atoms with van der Waals surface area (Å²) in [4.78, 5) is 25.0. The highest BCUT2D eigenvalue weighted by Gasteiger charge is 2.23. The van der Waals surface area contributed by atoms with Gasteiger partial charge in [-0.3, -0.25) is 14.7 Å². The van der Waals surface area contributed by atoms with Gasteiger partial charge >= 0.3 is 0 Å². The number of benzene rings is 1. The molecule has 3 rings (SSSR count). The van der Waals surface area contributed by atoms with Crippen molar-refractivity contribution in [3.8, 4) is 0 Å². The molecule has 1 saturated heterocycles. The van der Waals surface area contributed by atoms with Crippen LogP contribution >= 0.6 is 0 Å². The maximum atomic E-state index is 12.3.